The number of piperazine rings is 1. The third-order valence-corrected chi connectivity index (χ3v) is 6.60. The maximum Gasteiger partial charge on any atom is 0.347 e. The summed E-state index contributed by atoms with van der Waals surface area (Å²) in [7, 11) is 0. The highest BCUT2D eigenvalue weighted by Crippen LogP contribution is 2.33. The number of thiazole rings is 1. The van der Waals surface area contributed by atoms with E-state index < -0.39 is 5.63 Å². The molecule has 0 spiro atoms. The Bertz CT molecular complexity index is 1280. The van der Waals surface area contributed by atoms with E-state index in [-0.39, 0.29) is 0 Å². The van der Waals surface area contributed by atoms with Gasteiger partial charge in [-0.3, -0.25) is 0 Å². The number of rotatable bonds is 2. The summed E-state index contributed by atoms with van der Waals surface area (Å²) >= 11 is 7.65. The maximum atomic E-state index is 12.7. The van der Waals surface area contributed by atoms with Crippen LogP contribution in [0.15, 0.2) is 45.6 Å². The number of anilines is 1. The van der Waals surface area contributed by atoms with Crippen LogP contribution in [-0.4, -0.2) is 35.1 Å². The molecule has 0 bridgehead atoms. The van der Waals surface area contributed by atoms with Crippen LogP contribution in [0.2, 0.25) is 5.02 Å². The molecule has 1 aromatic carbocycles. The van der Waals surface area contributed by atoms with Gasteiger partial charge in [-0.1, -0.05) is 17.7 Å². The highest BCUT2D eigenvalue weighted by atomic mass is 35.5. The van der Waals surface area contributed by atoms with E-state index in [1.54, 1.807) is 12.1 Å². The zero-order valence-electron chi connectivity index (χ0n) is 16.0. The van der Waals surface area contributed by atoms with E-state index in [1.165, 1.54) is 11.3 Å². The fourth-order valence-corrected chi connectivity index (χ4v) is 4.94. The number of pyridine rings is 1. The number of nitrogens with one attached hydrogen (secondary N) is 1. The SMILES string of the molecule is CC1CN(c2ccc3cc(-c4nc5c(Cl)cccc5s4)c(=O)oc3n2)C(C)CN1. The van der Waals surface area contributed by atoms with E-state index >= 15 is 0 Å². The van der Waals surface area contributed by atoms with Crippen molar-refractivity contribution in [2.75, 3.05) is 18.0 Å². The average Bonchev–Trinajstić information content (AvgIpc) is 3.14. The third kappa shape index (κ3) is 3.29. The number of nitrogens with zero attached hydrogens (tertiary/aromatic N) is 3. The predicted molar refractivity (Wildman–Crippen MR) is 118 cm³/mol. The summed E-state index contributed by atoms with van der Waals surface area (Å²) in [5, 5.41) is 5.39. The first-order valence-corrected chi connectivity index (χ1v) is 10.7. The van der Waals surface area contributed by atoms with Crippen LogP contribution in [-0.2, 0) is 0 Å². The molecular formula is C21H19ClN4O2S. The molecule has 1 aliphatic heterocycles. The van der Waals surface area contributed by atoms with Gasteiger partial charge in [-0.15, -0.1) is 11.3 Å². The zero-order valence-corrected chi connectivity index (χ0v) is 17.5. The van der Waals surface area contributed by atoms with Crippen molar-refractivity contribution in [3.63, 3.8) is 0 Å². The molecular weight excluding hydrogens is 408 g/mol. The first-order valence-electron chi connectivity index (χ1n) is 9.50. The number of fused-ring (bicyclic) bond motifs is 2. The molecule has 1 fully saturated rings. The molecule has 1 saturated heterocycles. The summed E-state index contributed by atoms with van der Waals surface area (Å²) in [5.74, 6) is 0.820. The van der Waals surface area contributed by atoms with Crippen molar-refractivity contribution in [2.45, 2.75) is 25.9 Å². The van der Waals surface area contributed by atoms with E-state index in [2.05, 4.69) is 34.0 Å². The number of aromatic nitrogens is 2. The van der Waals surface area contributed by atoms with Gasteiger partial charge in [0.25, 0.3) is 0 Å². The lowest BCUT2D eigenvalue weighted by atomic mass is 10.1. The Labute approximate surface area is 176 Å². The second-order valence-electron chi connectivity index (χ2n) is 7.43. The lowest BCUT2D eigenvalue weighted by Gasteiger charge is -2.38. The van der Waals surface area contributed by atoms with Crippen LogP contribution in [0.4, 0.5) is 5.82 Å². The Hall–Kier alpha value is -2.48. The molecule has 5 rings (SSSR count). The molecule has 1 N–H and O–H groups in total. The van der Waals surface area contributed by atoms with Gasteiger partial charge in [0.2, 0.25) is 5.71 Å². The molecule has 8 heteroatoms. The van der Waals surface area contributed by atoms with Gasteiger partial charge >= 0.3 is 5.63 Å². The van der Waals surface area contributed by atoms with Crippen molar-refractivity contribution in [1.29, 1.82) is 0 Å². The van der Waals surface area contributed by atoms with Crippen molar-refractivity contribution in [3.8, 4) is 10.6 Å². The summed E-state index contributed by atoms with van der Waals surface area (Å²) in [6.07, 6.45) is 0. The largest absolute Gasteiger partial charge is 0.403 e. The maximum absolute atomic E-state index is 12.7. The summed E-state index contributed by atoms with van der Waals surface area (Å²) in [4.78, 5) is 24.1. The van der Waals surface area contributed by atoms with Crippen molar-refractivity contribution in [3.05, 3.63) is 51.8 Å². The van der Waals surface area contributed by atoms with Crippen molar-refractivity contribution in [1.82, 2.24) is 15.3 Å². The normalized spacial score (nSPS) is 19.9. The second-order valence-corrected chi connectivity index (χ2v) is 8.87. The minimum Gasteiger partial charge on any atom is -0.403 e. The quantitative estimate of drug-likeness (QED) is 0.515. The molecule has 4 aromatic rings. The molecule has 4 heterocycles. The number of hydrogen-bond donors (Lipinski definition) is 1. The van der Waals surface area contributed by atoms with E-state index in [1.807, 2.05) is 24.3 Å². The van der Waals surface area contributed by atoms with Crippen LogP contribution in [0.1, 0.15) is 13.8 Å². The molecule has 0 saturated carbocycles. The Morgan fingerprint density at radius 1 is 1.24 bits per heavy atom. The Balaban J connectivity index is 1.58. The first kappa shape index (κ1) is 18.5. The van der Waals surface area contributed by atoms with E-state index in [0.29, 0.717) is 38.9 Å². The number of para-hydroxylation sites is 1. The number of halogens is 1. The van der Waals surface area contributed by atoms with Gasteiger partial charge < -0.3 is 14.6 Å². The Morgan fingerprint density at radius 2 is 2.10 bits per heavy atom. The smallest absolute Gasteiger partial charge is 0.347 e. The number of hydrogen-bond acceptors (Lipinski definition) is 7. The number of benzene rings is 1. The second kappa shape index (κ2) is 7.09. The van der Waals surface area contributed by atoms with Crippen molar-refractivity contribution < 1.29 is 4.42 Å². The molecule has 0 aliphatic carbocycles. The third-order valence-electron chi connectivity index (χ3n) is 5.24. The lowest BCUT2D eigenvalue weighted by Crippen LogP contribution is -2.54. The van der Waals surface area contributed by atoms with Gasteiger partial charge in [0.05, 0.1) is 15.3 Å². The van der Waals surface area contributed by atoms with Crippen LogP contribution < -0.4 is 15.8 Å². The van der Waals surface area contributed by atoms with Crippen molar-refractivity contribution in [2.24, 2.45) is 0 Å². The zero-order chi connectivity index (χ0) is 20.1. The van der Waals surface area contributed by atoms with Crippen LogP contribution in [0.3, 0.4) is 0 Å². The lowest BCUT2D eigenvalue weighted by molar-refractivity contribution is 0.422. The standard InChI is InChI=1S/C21H19ClN4O2S/c1-11-10-26(12(2)9-23-11)17-7-6-13-8-14(21(27)28-19(13)24-17)20-25-18-15(22)4-3-5-16(18)29-20/h3-8,11-12,23H,9-10H2,1-2H3. The first-order chi connectivity index (χ1) is 14.0. The molecule has 1 aliphatic rings. The van der Waals surface area contributed by atoms with E-state index in [0.717, 1.165) is 29.0 Å². The summed E-state index contributed by atoms with van der Waals surface area (Å²) in [6, 6.07) is 12.0. The van der Waals surface area contributed by atoms with Gasteiger partial charge in [-0.2, -0.15) is 4.98 Å². The molecule has 3 aromatic heterocycles. The van der Waals surface area contributed by atoms with Gasteiger partial charge in [-0.25, -0.2) is 9.78 Å². The van der Waals surface area contributed by atoms with Gasteiger partial charge in [0.15, 0.2) is 0 Å². The molecule has 148 valence electrons. The molecule has 0 radical (unpaired) electrons. The van der Waals surface area contributed by atoms with E-state index in [4.69, 9.17) is 16.0 Å². The van der Waals surface area contributed by atoms with Gasteiger partial charge in [0.1, 0.15) is 16.3 Å². The minimum absolute atomic E-state index is 0.314. The minimum atomic E-state index is -0.445. The predicted octanol–water partition coefficient (Wildman–Crippen LogP) is 4.30. The monoisotopic (exact) mass is 426 g/mol. The Kier molecular flexibility index (Phi) is 4.53. The molecule has 2 atom stereocenters. The fraction of sp³-hybridized carbons (Fsp3) is 0.286. The molecule has 29 heavy (non-hydrogen) atoms. The Morgan fingerprint density at radius 3 is 2.93 bits per heavy atom. The molecule has 0 amide bonds. The van der Waals surface area contributed by atoms with Gasteiger partial charge in [-0.05, 0) is 44.2 Å². The highest BCUT2D eigenvalue weighted by molar-refractivity contribution is 7.21. The van der Waals surface area contributed by atoms with Crippen LogP contribution in [0, 0.1) is 0 Å². The topological polar surface area (TPSA) is 71.3 Å². The highest BCUT2D eigenvalue weighted by Gasteiger charge is 2.24. The summed E-state index contributed by atoms with van der Waals surface area (Å²) in [5.41, 5.74) is 1.02. The molecule has 6 nitrogen and oxygen atoms in total. The average molecular weight is 427 g/mol. The summed E-state index contributed by atoms with van der Waals surface area (Å²) in [6.45, 7) is 6.05. The molecule has 2 unspecified atom stereocenters. The van der Waals surface area contributed by atoms with Crippen LogP contribution >= 0.6 is 22.9 Å². The van der Waals surface area contributed by atoms with Crippen LogP contribution in [0.5, 0.6) is 0 Å². The van der Waals surface area contributed by atoms with Crippen molar-refractivity contribution >= 4 is 50.1 Å². The summed E-state index contributed by atoms with van der Waals surface area (Å²) < 4.78 is 6.52. The van der Waals surface area contributed by atoms with Gasteiger partial charge in [0, 0.05) is 30.6 Å². The van der Waals surface area contributed by atoms with E-state index in [9.17, 15) is 4.79 Å². The van der Waals surface area contributed by atoms with Crippen LogP contribution in [0.25, 0.3) is 31.9 Å². The fourth-order valence-electron chi connectivity index (χ4n) is 3.67.